The van der Waals surface area contributed by atoms with Crippen LogP contribution in [0.4, 0.5) is 11.4 Å². The van der Waals surface area contributed by atoms with Crippen LogP contribution in [0.3, 0.4) is 0 Å². The first kappa shape index (κ1) is 13.8. The van der Waals surface area contributed by atoms with E-state index in [0.717, 1.165) is 5.69 Å². The van der Waals surface area contributed by atoms with Crippen molar-refractivity contribution < 1.29 is 14.8 Å². The molecule has 2 rings (SSSR count). The summed E-state index contributed by atoms with van der Waals surface area (Å²) >= 11 is 0. The second kappa shape index (κ2) is 5.54. The van der Waals surface area contributed by atoms with Gasteiger partial charge in [0.25, 0.3) is 5.69 Å². The summed E-state index contributed by atoms with van der Waals surface area (Å²) < 4.78 is 5.65. The summed E-state index contributed by atoms with van der Waals surface area (Å²) in [7, 11) is 0. The lowest BCUT2D eigenvalue weighted by Gasteiger charge is -2.36. The average Bonchev–Trinajstić information content (AvgIpc) is 2.37. The summed E-state index contributed by atoms with van der Waals surface area (Å²) in [6.45, 7) is 5.14. The zero-order valence-electron chi connectivity index (χ0n) is 11.1. The fraction of sp³-hybridized carbons (Fsp3) is 0.538. The van der Waals surface area contributed by atoms with E-state index in [9.17, 15) is 15.2 Å². The Morgan fingerprint density at radius 3 is 2.53 bits per heavy atom. The van der Waals surface area contributed by atoms with Gasteiger partial charge < -0.3 is 14.7 Å². The maximum absolute atomic E-state index is 10.9. The van der Waals surface area contributed by atoms with Crippen LogP contribution in [0.15, 0.2) is 18.2 Å². The monoisotopic (exact) mass is 266 g/mol. The van der Waals surface area contributed by atoms with Crippen molar-refractivity contribution in [3.63, 3.8) is 0 Å². The Kier molecular flexibility index (Phi) is 4.01. The number of aliphatic hydroxyl groups is 1. The molecule has 1 N–H and O–H groups in total. The SMILES string of the molecule is C[C@H]1CN(c2cc(CO)cc([N+](=O)[O-])c2)C[C@H](C)O1. The van der Waals surface area contributed by atoms with Crippen molar-refractivity contribution in [2.24, 2.45) is 0 Å². The predicted molar refractivity (Wildman–Crippen MR) is 71.2 cm³/mol. The molecule has 0 radical (unpaired) electrons. The molecule has 2 atom stereocenters. The van der Waals surface area contributed by atoms with Crippen LogP contribution in [0.5, 0.6) is 0 Å². The van der Waals surface area contributed by atoms with E-state index in [4.69, 9.17) is 4.74 Å². The molecule has 0 saturated carbocycles. The maximum atomic E-state index is 10.9. The van der Waals surface area contributed by atoms with Gasteiger partial charge in [0.05, 0.1) is 23.7 Å². The molecule has 0 unspecified atom stereocenters. The third kappa shape index (κ3) is 3.21. The highest BCUT2D eigenvalue weighted by molar-refractivity contribution is 5.56. The Morgan fingerprint density at radius 2 is 2.00 bits per heavy atom. The van der Waals surface area contributed by atoms with Crippen molar-refractivity contribution in [2.75, 3.05) is 18.0 Å². The third-order valence-electron chi connectivity index (χ3n) is 3.14. The number of hydrogen-bond donors (Lipinski definition) is 1. The van der Waals surface area contributed by atoms with E-state index in [2.05, 4.69) is 4.90 Å². The number of hydrogen-bond acceptors (Lipinski definition) is 5. The second-order valence-corrected chi connectivity index (χ2v) is 4.94. The highest BCUT2D eigenvalue weighted by Crippen LogP contribution is 2.26. The standard InChI is InChI=1S/C13H18N2O4/c1-9-6-14(7-10(2)19-9)12-3-11(8-16)4-13(5-12)15(17)18/h3-5,9-10,16H,6-8H2,1-2H3/t9-,10-/m0/s1. The molecule has 1 aliphatic rings. The largest absolute Gasteiger partial charge is 0.392 e. The Balaban J connectivity index is 2.32. The molecule has 1 aromatic carbocycles. The number of ether oxygens (including phenoxy) is 1. The molecule has 6 heteroatoms. The van der Waals surface area contributed by atoms with Crippen molar-refractivity contribution in [1.82, 2.24) is 0 Å². The molecular weight excluding hydrogens is 248 g/mol. The molecule has 0 spiro atoms. The van der Waals surface area contributed by atoms with E-state index in [1.807, 2.05) is 13.8 Å². The number of morpholine rings is 1. The number of benzene rings is 1. The average molecular weight is 266 g/mol. The van der Waals surface area contributed by atoms with Gasteiger partial charge in [-0.05, 0) is 25.5 Å². The van der Waals surface area contributed by atoms with E-state index < -0.39 is 4.92 Å². The van der Waals surface area contributed by atoms with Gasteiger partial charge in [-0.15, -0.1) is 0 Å². The summed E-state index contributed by atoms with van der Waals surface area (Å²) in [5.41, 5.74) is 1.32. The molecule has 0 aromatic heterocycles. The third-order valence-corrected chi connectivity index (χ3v) is 3.14. The van der Waals surface area contributed by atoms with Crippen LogP contribution >= 0.6 is 0 Å². The van der Waals surface area contributed by atoms with Crippen LogP contribution in [0.1, 0.15) is 19.4 Å². The van der Waals surface area contributed by atoms with Gasteiger partial charge in [-0.2, -0.15) is 0 Å². The zero-order chi connectivity index (χ0) is 14.0. The Morgan fingerprint density at radius 1 is 1.37 bits per heavy atom. The van der Waals surface area contributed by atoms with E-state index in [1.165, 1.54) is 6.07 Å². The van der Waals surface area contributed by atoms with Gasteiger partial charge in [0.1, 0.15) is 0 Å². The number of aliphatic hydroxyl groups excluding tert-OH is 1. The van der Waals surface area contributed by atoms with Gasteiger partial charge in [0, 0.05) is 30.9 Å². The van der Waals surface area contributed by atoms with Gasteiger partial charge in [-0.25, -0.2) is 0 Å². The summed E-state index contributed by atoms with van der Waals surface area (Å²) in [6, 6.07) is 4.73. The van der Waals surface area contributed by atoms with Crippen LogP contribution in [-0.4, -0.2) is 35.3 Å². The zero-order valence-corrected chi connectivity index (χ0v) is 11.1. The number of nitro benzene ring substituents is 1. The maximum Gasteiger partial charge on any atom is 0.271 e. The van der Waals surface area contributed by atoms with E-state index in [0.29, 0.717) is 18.7 Å². The number of anilines is 1. The normalized spacial score (nSPS) is 23.4. The van der Waals surface area contributed by atoms with Gasteiger partial charge >= 0.3 is 0 Å². The van der Waals surface area contributed by atoms with Crippen molar-refractivity contribution in [2.45, 2.75) is 32.7 Å². The quantitative estimate of drug-likeness (QED) is 0.665. The van der Waals surface area contributed by atoms with Crippen LogP contribution in [-0.2, 0) is 11.3 Å². The van der Waals surface area contributed by atoms with Gasteiger partial charge in [0.15, 0.2) is 0 Å². The second-order valence-electron chi connectivity index (χ2n) is 4.94. The van der Waals surface area contributed by atoms with Crippen molar-refractivity contribution in [3.8, 4) is 0 Å². The molecule has 1 saturated heterocycles. The summed E-state index contributed by atoms with van der Waals surface area (Å²) in [4.78, 5) is 12.5. The fourth-order valence-corrected chi connectivity index (χ4v) is 2.42. The molecule has 1 heterocycles. The minimum Gasteiger partial charge on any atom is -0.392 e. The highest BCUT2D eigenvalue weighted by Gasteiger charge is 2.24. The summed E-state index contributed by atoms with van der Waals surface area (Å²) in [5.74, 6) is 0. The predicted octanol–water partition coefficient (Wildman–Crippen LogP) is 1.70. The first-order valence-corrected chi connectivity index (χ1v) is 6.29. The molecular formula is C13H18N2O4. The van der Waals surface area contributed by atoms with E-state index >= 15 is 0 Å². The molecule has 19 heavy (non-hydrogen) atoms. The number of non-ortho nitro benzene ring substituents is 1. The molecule has 1 aromatic rings. The molecule has 0 bridgehead atoms. The summed E-state index contributed by atoms with van der Waals surface area (Å²) in [5, 5.41) is 20.1. The Bertz CT molecular complexity index is 468. The lowest BCUT2D eigenvalue weighted by Crippen LogP contribution is -2.45. The highest BCUT2D eigenvalue weighted by atomic mass is 16.6. The Hall–Kier alpha value is -1.66. The minimum atomic E-state index is -0.435. The summed E-state index contributed by atoms with van der Waals surface area (Å²) in [6.07, 6.45) is 0.168. The van der Waals surface area contributed by atoms with E-state index in [1.54, 1.807) is 12.1 Å². The van der Waals surface area contributed by atoms with Crippen LogP contribution < -0.4 is 4.90 Å². The lowest BCUT2D eigenvalue weighted by molar-refractivity contribution is -0.384. The molecule has 0 aliphatic carbocycles. The smallest absolute Gasteiger partial charge is 0.271 e. The van der Waals surface area contributed by atoms with E-state index in [-0.39, 0.29) is 24.5 Å². The topological polar surface area (TPSA) is 75.8 Å². The fourth-order valence-electron chi connectivity index (χ4n) is 2.42. The van der Waals surface area contributed by atoms with Crippen LogP contribution in [0.2, 0.25) is 0 Å². The van der Waals surface area contributed by atoms with Gasteiger partial charge in [-0.3, -0.25) is 10.1 Å². The van der Waals surface area contributed by atoms with Gasteiger partial charge in [0.2, 0.25) is 0 Å². The minimum absolute atomic E-state index is 0.00773. The number of rotatable bonds is 3. The Labute approximate surface area is 111 Å². The van der Waals surface area contributed by atoms with Crippen LogP contribution in [0.25, 0.3) is 0 Å². The van der Waals surface area contributed by atoms with Crippen molar-refractivity contribution >= 4 is 11.4 Å². The molecule has 1 aliphatic heterocycles. The molecule has 0 amide bonds. The molecule has 104 valence electrons. The van der Waals surface area contributed by atoms with Gasteiger partial charge in [-0.1, -0.05) is 0 Å². The van der Waals surface area contributed by atoms with Crippen molar-refractivity contribution in [1.29, 1.82) is 0 Å². The molecule has 1 fully saturated rings. The number of nitrogens with zero attached hydrogens (tertiary/aromatic N) is 2. The molecule has 6 nitrogen and oxygen atoms in total. The first-order chi connectivity index (χ1) is 8.99. The van der Waals surface area contributed by atoms with Crippen LogP contribution in [0, 0.1) is 10.1 Å². The number of nitro groups is 1. The van der Waals surface area contributed by atoms with Crippen molar-refractivity contribution in [3.05, 3.63) is 33.9 Å². The lowest BCUT2D eigenvalue weighted by atomic mass is 10.1. The first-order valence-electron chi connectivity index (χ1n) is 6.29.